The lowest BCUT2D eigenvalue weighted by atomic mass is 9.99. The van der Waals surface area contributed by atoms with E-state index in [2.05, 4.69) is 10.1 Å². The molecule has 2 rings (SSSR count). The molecule has 4 heteroatoms. The number of carbonyl (C=O) groups excluding carboxylic acids is 1. The first-order chi connectivity index (χ1) is 10.1. The van der Waals surface area contributed by atoms with Crippen molar-refractivity contribution in [2.75, 3.05) is 19.0 Å². The van der Waals surface area contributed by atoms with Gasteiger partial charge in [0, 0.05) is 16.8 Å². The van der Waals surface area contributed by atoms with Crippen LogP contribution in [0.15, 0.2) is 48.5 Å². The van der Waals surface area contributed by atoms with Crippen LogP contribution in [0.4, 0.5) is 5.69 Å². The molecule has 2 aromatic rings. The lowest BCUT2D eigenvalue weighted by Crippen LogP contribution is -2.17. The summed E-state index contributed by atoms with van der Waals surface area (Å²) in [5, 5.41) is 11.4. The first-order valence-electron chi connectivity index (χ1n) is 6.67. The molecule has 0 aliphatic heterocycles. The van der Waals surface area contributed by atoms with Gasteiger partial charge in [0.15, 0.2) is 0 Å². The molecule has 0 atom stereocenters. The Labute approximate surface area is 124 Å². The summed E-state index contributed by atoms with van der Waals surface area (Å²) in [5.74, 6) is -0.340. The SMILES string of the molecule is COC(=O)CNc1ccc(C)cc1C(=N)c1ccccc1. The average molecular weight is 282 g/mol. The number of ether oxygens (including phenoxy) is 1. The van der Waals surface area contributed by atoms with E-state index in [1.807, 2.05) is 55.5 Å². The molecule has 0 spiro atoms. The summed E-state index contributed by atoms with van der Waals surface area (Å²) in [6, 6.07) is 15.3. The van der Waals surface area contributed by atoms with Crippen LogP contribution in [-0.4, -0.2) is 25.3 Å². The standard InChI is InChI=1S/C17H18N2O2/c1-12-8-9-15(19-11-16(20)21-2)14(10-12)17(18)13-6-4-3-5-7-13/h3-10,18-19H,11H2,1-2H3. The second-order valence-corrected chi connectivity index (χ2v) is 4.72. The fourth-order valence-electron chi connectivity index (χ4n) is 2.02. The molecule has 2 aromatic carbocycles. The molecule has 0 unspecified atom stereocenters. The van der Waals surface area contributed by atoms with Gasteiger partial charge < -0.3 is 10.1 Å². The van der Waals surface area contributed by atoms with E-state index >= 15 is 0 Å². The second-order valence-electron chi connectivity index (χ2n) is 4.72. The van der Waals surface area contributed by atoms with Crippen LogP contribution in [0, 0.1) is 12.3 Å². The molecule has 0 heterocycles. The molecule has 0 saturated carbocycles. The number of aryl methyl sites for hydroxylation is 1. The van der Waals surface area contributed by atoms with Gasteiger partial charge >= 0.3 is 5.97 Å². The van der Waals surface area contributed by atoms with Crippen molar-refractivity contribution in [1.29, 1.82) is 5.41 Å². The fourth-order valence-corrected chi connectivity index (χ4v) is 2.02. The third-order valence-electron chi connectivity index (χ3n) is 3.16. The summed E-state index contributed by atoms with van der Waals surface area (Å²) in [6.45, 7) is 2.06. The molecule has 21 heavy (non-hydrogen) atoms. The zero-order valence-corrected chi connectivity index (χ0v) is 12.1. The summed E-state index contributed by atoms with van der Waals surface area (Å²) in [6.07, 6.45) is 0. The van der Waals surface area contributed by atoms with E-state index in [-0.39, 0.29) is 12.5 Å². The Kier molecular flexibility index (Phi) is 4.72. The highest BCUT2D eigenvalue weighted by Crippen LogP contribution is 2.21. The predicted octanol–water partition coefficient (Wildman–Crippen LogP) is 3.00. The molecular weight excluding hydrogens is 264 g/mol. The number of hydrogen-bond acceptors (Lipinski definition) is 4. The highest BCUT2D eigenvalue weighted by Gasteiger charge is 2.11. The highest BCUT2D eigenvalue weighted by molar-refractivity contribution is 6.14. The van der Waals surface area contributed by atoms with Crippen molar-refractivity contribution in [3.05, 3.63) is 65.2 Å². The number of rotatable bonds is 5. The molecule has 0 aliphatic rings. The van der Waals surface area contributed by atoms with Crippen molar-refractivity contribution >= 4 is 17.4 Å². The van der Waals surface area contributed by atoms with Crippen LogP contribution in [0.2, 0.25) is 0 Å². The number of anilines is 1. The molecule has 108 valence electrons. The number of carbonyl (C=O) groups is 1. The Bertz CT molecular complexity index is 651. The van der Waals surface area contributed by atoms with Crippen LogP contribution in [0.3, 0.4) is 0 Å². The molecule has 4 nitrogen and oxygen atoms in total. The lowest BCUT2D eigenvalue weighted by molar-refractivity contribution is -0.138. The summed E-state index contributed by atoms with van der Waals surface area (Å²) in [7, 11) is 1.35. The van der Waals surface area contributed by atoms with E-state index in [1.165, 1.54) is 7.11 Å². The number of methoxy groups -OCH3 is 1. The van der Waals surface area contributed by atoms with E-state index in [0.717, 1.165) is 22.4 Å². The van der Waals surface area contributed by atoms with Crippen molar-refractivity contribution in [3.8, 4) is 0 Å². The van der Waals surface area contributed by atoms with Gasteiger partial charge in [0.2, 0.25) is 0 Å². The molecule has 0 fully saturated rings. The Hall–Kier alpha value is -2.62. The van der Waals surface area contributed by atoms with Gasteiger partial charge in [-0.3, -0.25) is 10.2 Å². The van der Waals surface area contributed by atoms with Crippen LogP contribution < -0.4 is 5.32 Å². The minimum atomic E-state index is -0.340. The van der Waals surface area contributed by atoms with Gasteiger partial charge in [-0.15, -0.1) is 0 Å². The van der Waals surface area contributed by atoms with Crippen LogP contribution in [0.1, 0.15) is 16.7 Å². The van der Waals surface area contributed by atoms with E-state index in [9.17, 15) is 4.79 Å². The highest BCUT2D eigenvalue weighted by atomic mass is 16.5. The largest absolute Gasteiger partial charge is 0.468 e. The molecule has 2 N–H and O–H groups in total. The fraction of sp³-hybridized carbons (Fsp3) is 0.176. The van der Waals surface area contributed by atoms with Crippen molar-refractivity contribution < 1.29 is 9.53 Å². The van der Waals surface area contributed by atoms with Crippen molar-refractivity contribution in [2.45, 2.75) is 6.92 Å². The minimum Gasteiger partial charge on any atom is -0.468 e. The van der Waals surface area contributed by atoms with Gasteiger partial charge in [-0.05, 0) is 19.1 Å². The normalized spacial score (nSPS) is 10.0. The zero-order valence-electron chi connectivity index (χ0n) is 12.1. The van der Waals surface area contributed by atoms with E-state index in [0.29, 0.717) is 5.71 Å². The van der Waals surface area contributed by atoms with Gasteiger partial charge in [-0.1, -0.05) is 42.0 Å². The Morgan fingerprint density at radius 1 is 1.19 bits per heavy atom. The third kappa shape index (κ3) is 3.69. The number of nitrogens with one attached hydrogen (secondary N) is 2. The van der Waals surface area contributed by atoms with Gasteiger partial charge in [0.05, 0.1) is 12.8 Å². The predicted molar refractivity (Wildman–Crippen MR) is 84.1 cm³/mol. The van der Waals surface area contributed by atoms with Crippen molar-refractivity contribution in [1.82, 2.24) is 0 Å². The Morgan fingerprint density at radius 2 is 1.90 bits per heavy atom. The average Bonchev–Trinajstić information content (AvgIpc) is 2.53. The van der Waals surface area contributed by atoms with E-state index in [4.69, 9.17) is 5.41 Å². The summed E-state index contributed by atoms with van der Waals surface area (Å²) in [5.41, 5.74) is 3.84. The van der Waals surface area contributed by atoms with Crippen LogP contribution in [0.5, 0.6) is 0 Å². The van der Waals surface area contributed by atoms with Crippen LogP contribution >= 0.6 is 0 Å². The summed E-state index contributed by atoms with van der Waals surface area (Å²) < 4.78 is 4.63. The van der Waals surface area contributed by atoms with Crippen LogP contribution in [-0.2, 0) is 9.53 Å². The number of hydrogen-bond donors (Lipinski definition) is 2. The zero-order chi connectivity index (χ0) is 15.2. The second kappa shape index (κ2) is 6.70. The molecule has 0 radical (unpaired) electrons. The number of esters is 1. The maximum Gasteiger partial charge on any atom is 0.325 e. The molecule has 0 aromatic heterocycles. The summed E-state index contributed by atoms with van der Waals surface area (Å²) in [4.78, 5) is 11.3. The van der Waals surface area contributed by atoms with Gasteiger partial charge in [0.1, 0.15) is 6.54 Å². The van der Waals surface area contributed by atoms with Crippen LogP contribution in [0.25, 0.3) is 0 Å². The van der Waals surface area contributed by atoms with Crippen molar-refractivity contribution in [2.24, 2.45) is 0 Å². The quantitative estimate of drug-likeness (QED) is 0.654. The van der Waals surface area contributed by atoms with Gasteiger partial charge in [-0.25, -0.2) is 0 Å². The monoisotopic (exact) mass is 282 g/mol. The Morgan fingerprint density at radius 3 is 2.57 bits per heavy atom. The van der Waals surface area contributed by atoms with Gasteiger partial charge in [0.25, 0.3) is 0 Å². The third-order valence-corrected chi connectivity index (χ3v) is 3.16. The topological polar surface area (TPSA) is 62.2 Å². The minimum absolute atomic E-state index is 0.0780. The van der Waals surface area contributed by atoms with E-state index in [1.54, 1.807) is 0 Å². The van der Waals surface area contributed by atoms with E-state index < -0.39 is 0 Å². The summed E-state index contributed by atoms with van der Waals surface area (Å²) >= 11 is 0. The van der Waals surface area contributed by atoms with Crippen molar-refractivity contribution in [3.63, 3.8) is 0 Å². The molecule has 0 amide bonds. The Balaban J connectivity index is 2.31. The maximum absolute atomic E-state index is 11.3. The molecular formula is C17H18N2O2. The molecule has 0 bridgehead atoms. The first-order valence-corrected chi connectivity index (χ1v) is 6.67. The molecule has 0 saturated heterocycles. The number of benzene rings is 2. The smallest absolute Gasteiger partial charge is 0.325 e. The first kappa shape index (κ1) is 14.8. The van der Waals surface area contributed by atoms with Gasteiger partial charge in [-0.2, -0.15) is 0 Å². The molecule has 0 aliphatic carbocycles. The lowest BCUT2D eigenvalue weighted by Gasteiger charge is -2.13. The maximum atomic E-state index is 11.3.